The molecule has 4 heteroatoms. The SMILES string of the molecule is O=CCN1CC(c2ccc3c(c2)OCO3)CC1CCC1=CC=CC1. The van der Waals surface area contributed by atoms with Crippen molar-refractivity contribution in [1.82, 2.24) is 4.90 Å². The lowest BCUT2D eigenvalue weighted by molar-refractivity contribution is -0.109. The molecule has 0 spiro atoms. The van der Waals surface area contributed by atoms with Gasteiger partial charge in [0.25, 0.3) is 0 Å². The molecule has 2 unspecified atom stereocenters. The maximum absolute atomic E-state index is 11.1. The Morgan fingerprint density at radius 2 is 2.17 bits per heavy atom. The Kier molecular flexibility index (Phi) is 4.39. The second-order valence-corrected chi connectivity index (χ2v) is 6.82. The first kappa shape index (κ1) is 15.5. The van der Waals surface area contributed by atoms with E-state index in [0.29, 0.717) is 25.3 Å². The number of nitrogens with zero attached hydrogens (tertiary/aromatic N) is 1. The third-order valence-electron chi connectivity index (χ3n) is 5.35. The van der Waals surface area contributed by atoms with Gasteiger partial charge in [-0.05, 0) is 49.3 Å². The zero-order valence-corrected chi connectivity index (χ0v) is 13.8. The molecule has 1 saturated heterocycles. The number of ether oxygens (including phenoxy) is 2. The molecule has 126 valence electrons. The van der Waals surface area contributed by atoms with Crippen molar-refractivity contribution in [2.75, 3.05) is 19.9 Å². The Balaban J connectivity index is 1.44. The number of allylic oxidation sites excluding steroid dienone is 4. The summed E-state index contributed by atoms with van der Waals surface area (Å²) in [4.78, 5) is 13.4. The average Bonchev–Trinajstić information content (AvgIpc) is 3.33. The van der Waals surface area contributed by atoms with Crippen molar-refractivity contribution in [3.8, 4) is 11.5 Å². The minimum Gasteiger partial charge on any atom is -0.454 e. The lowest BCUT2D eigenvalue weighted by Crippen LogP contribution is -2.31. The minimum atomic E-state index is 0.312. The molecular formula is C20H23NO3. The van der Waals surface area contributed by atoms with Crippen molar-refractivity contribution in [3.63, 3.8) is 0 Å². The topological polar surface area (TPSA) is 38.8 Å². The quantitative estimate of drug-likeness (QED) is 0.751. The van der Waals surface area contributed by atoms with Gasteiger partial charge in [-0.15, -0.1) is 0 Å². The fourth-order valence-electron chi connectivity index (χ4n) is 4.04. The van der Waals surface area contributed by atoms with Crippen LogP contribution < -0.4 is 9.47 Å². The van der Waals surface area contributed by atoms with Crippen LogP contribution in [0.2, 0.25) is 0 Å². The van der Waals surface area contributed by atoms with Crippen LogP contribution in [0.4, 0.5) is 0 Å². The van der Waals surface area contributed by atoms with Gasteiger partial charge in [0.15, 0.2) is 11.5 Å². The number of fused-ring (bicyclic) bond motifs is 1. The largest absolute Gasteiger partial charge is 0.454 e. The summed E-state index contributed by atoms with van der Waals surface area (Å²) in [5, 5.41) is 0. The normalized spacial score (nSPS) is 25.2. The van der Waals surface area contributed by atoms with Gasteiger partial charge < -0.3 is 14.3 Å². The first-order valence-corrected chi connectivity index (χ1v) is 8.75. The van der Waals surface area contributed by atoms with E-state index >= 15 is 0 Å². The van der Waals surface area contributed by atoms with E-state index in [-0.39, 0.29) is 0 Å². The predicted molar refractivity (Wildman–Crippen MR) is 92.4 cm³/mol. The number of hydrogen-bond acceptors (Lipinski definition) is 4. The van der Waals surface area contributed by atoms with Crippen molar-refractivity contribution in [2.24, 2.45) is 0 Å². The van der Waals surface area contributed by atoms with Gasteiger partial charge in [0, 0.05) is 12.6 Å². The number of carbonyl (C=O) groups is 1. The highest BCUT2D eigenvalue weighted by Gasteiger charge is 2.33. The summed E-state index contributed by atoms with van der Waals surface area (Å²) in [6.45, 7) is 1.79. The molecule has 2 atom stereocenters. The van der Waals surface area contributed by atoms with Crippen LogP contribution in [0.1, 0.15) is 37.2 Å². The van der Waals surface area contributed by atoms with Gasteiger partial charge in [-0.1, -0.05) is 29.9 Å². The predicted octanol–water partition coefficient (Wildman–Crippen LogP) is 3.44. The summed E-state index contributed by atoms with van der Waals surface area (Å²) < 4.78 is 10.9. The van der Waals surface area contributed by atoms with Crippen LogP contribution in [-0.4, -0.2) is 37.1 Å². The molecule has 1 fully saturated rings. The van der Waals surface area contributed by atoms with Crippen LogP contribution in [0, 0.1) is 0 Å². The second-order valence-electron chi connectivity index (χ2n) is 6.82. The number of likely N-dealkylation sites (tertiary alicyclic amines) is 1. The molecule has 2 aliphatic heterocycles. The summed E-state index contributed by atoms with van der Waals surface area (Å²) >= 11 is 0. The summed E-state index contributed by atoms with van der Waals surface area (Å²) in [6, 6.07) is 6.73. The van der Waals surface area contributed by atoms with Gasteiger partial charge in [-0.3, -0.25) is 4.90 Å². The van der Waals surface area contributed by atoms with Crippen LogP contribution in [0.3, 0.4) is 0 Å². The Bertz CT molecular complexity index is 679. The number of carbonyl (C=O) groups excluding carboxylic acids is 1. The van der Waals surface area contributed by atoms with Gasteiger partial charge in [-0.25, -0.2) is 0 Å². The molecule has 4 rings (SSSR count). The number of hydrogen-bond donors (Lipinski definition) is 0. The third-order valence-corrected chi connectivity index (χ3v) is 5.35. The average molecular weight is 325 g/mol. The van der Waals surface area contributed by atoms with E-state index in [9.17, 15) is 4.79 Å². The highest BCUT2D eigenvalue weighted by molar-refractivity contribution is 5.52. The fourth-order valence-corrected chi connectivity index (χ4v) is 4.04. The molecular weight excluding hydrogens is 302 g/mol. The van der Waals surface area contributed by atoms with Crippen LogP contribution in [0.15, 0.2) is 42.0 Å². The van der Waals surface area contributed by atoms with E-state index in [2.05, 4.69) is 35.3 Å². The molecule has 0 amide bonds. The standard InChI is InChI=1S/C20H23NO3/c22-10-9-21-13-17(11-18(21)7-5-15-3-1-2-4-15)16-6-8-19-20(12-16)24-14-23-19/h1-3,6,8,10,12,17-18H,4-5,7,9,11,13-14H2. The monoisotopic (exact) mass is 325 g/mol. The molecule has 1 aromatic carbocycles. The van der Waals surface area contributed by atoms with Crippen LogP contribution in [-0.2, 0) is 4.79 Å². The molecule has 0 radical (unpaired) electrons. The van der Waals surface area contributed by atoms with Gasteiger partial charge >= 0.3 is 0 Å². The Labute approximate surface area is 142 Å². The van der Waals surface area contributed by atoms with Gasteiger partial charge in [-0.2, -0.15) is 0 Å². The molecule has 1 aliphatic carbocycles. The molecule has 4 nitrogen and oxygen atoms in total. The summed E-state index contributed by atoms with van der Waals surface area (Å²) in [5.41, 5.74) is 2.80. The third kappa shape index (κ3) is 3.11. The molecule has 2 heterocycles. The van der Waals surface area contributed by atoms with Crippen molar-refractivity contribution in [2.45, 2.75) is 37.6 Å². The Morgan fingerprint density at radius 3 is 3.00 bits per heavy atom. The maximum Gasteiger partial charge on any atom is 0.231 e. The number of benzene rings is 1. The summed E-state index contributed by atoms with van der Waals surface area (Å²) in [5.74, 6) is 2.14. The van der Waals surface area contributed by atoms with Crippen molar-refractivity contribution >= 4 is 6.29 Å². The molecule has 1 aromatic rings. The minimum absolute atomic E-state index is 0.312. The summed E-state index contributed by atoms with van der Waals surface area (Å²) in [6.07, 6.45) is 12.1. The van der Waals surface area contributed by atoms with Crippen LogP contribution in [0.25, 0.3) is 0 Å². The highest BCUT2D eigenvalue weighted by atomic mass is 16.7. The first-order chi connectivity index (χ1) is 11.8. The second kappa shape index (κ2) is 6.81. The molecule has 24 heavy (non-hydrogen) atoms. The van der Waals surface area contributed by atoms with Gasteiger partial charge in [0.1, 0.15) is 6.29 Å². The van der Waals surface area contributed by atoms with E-state index < -0.39 is 0 Å². The van der Waals surface area contributed by atoms with E-state index in [1.165, 1.54) is 11.1 Å². The molecule has 0 saturated carbocycles. The van der Waals surface area contributed by atoms with Crippen LogP contribution in [0.5, 0.6) is 11.5 Å². The van der Waals surface area contributed by atoms with Crippen LogP contribution >= 0.6 is 0 Å². The molecule has 0 bridgehead atoms. The molecule has 0 aromatic heterocycles. The van der Waals surface area contributed by atoms with Gasteiger partial charge in [0.2, 0.25) is 6.79 Å². The Morgan fingerprint density at radius 1 is 1.25 bits per heavy atom. The first-order valence-electron chi connectivity index (χ1n) is 8.75. The van der Waals surface area contributed by atoms with Crippen molar-refractivity contribution in [3.05, 3.63) is 47.6 Å². The Hall–Kier alpha value is -2.07. The zero-order valence-electron chi connectivity index (χ0n) is 13.8. The van der Waals surface area contributed by atoms with E-state index in [1.54, 1.807) is 0 Å². The van der Waals surface area contributed by atoms with E-state index in [1.807, 2.05) is 6.07 Å². The lowest BCUT2D eigenvalue weighted by Gasteiger charge is -2.21. The van der Waals surface area contributed by atoms with Crippen molar-refractivity contribution < 1.29 is 14.3 Å². The zero-order chi connectivity index (χ0) is 16.4. The smallest absolute Gasteiger partial charge is 0.231 e. The lowest BCUT2D eigenvalue weighted by atomic mass is 9.94. The summed E-state index contributed by atoms with van der Waals surface area (Å²) in [7, 11) is 0. The fraction of sp³-hybridized carbons (Fsp3) is 0.450. The van der Waals surface area contributed by atoms with Crippen molar-refractivity contribution in [1.29, 1.82) is 0 Å². The number of aldehydes is 1. The molecule has 3 aliphatic rings. The van der Waals surface area contributed by atoms with E-state index in [0.717, 1.165) is 50.0 Å². The number of rotatable bonds is 6. The highest BCUT2D eigenvalue weighted by Crippen LogP contribution is 2.39. The molecule has 0 N–H and O–H groups in total. The maximum atomic E-state index is 11.1. The van der Waals surface area contributed by atoms with Gasteiger partial charge in [0.05, 0.1) is 6.54 Å². The van der Waals surface area contributed by atoms with E-state index in [4.69, 9.17) is 9.47 Å².